The summed E-state index contributed by atoms with van der Waals surface area (Å²) in [5, 5.41) is 8.14. The van der Waals surface area contributed by atoms with Gasteiger partial charge in [-0.15, -0.1) is 10.2 Å². The average Bonchev–Trinajstić information content (AvgIpc) is 2.56. The highest BCUT2D eigenvalue weighted by molar-refractivity contribution is 6.37. The Hall–Kier alpha value is -1.66. The van der Waals surface area contributed by atoms with E-state index < -0.39 is 0 Å². The molecule has 0 spiro atoms. The normalized spacial score (nSPS) is 10.6. The summed E-state index contributed by atoms with van der Waals surface area (Å²) in [7, 11) is 0. The first-order valence-corrected chi connectivity index (χ1v) is 4.97. The Kier molecular flexibility index (Phi) is 2.53. The lowest BCUT2D eigenvalue weighted by molar-refractivity contribution is 1.02. The first-order chi connectivity index (χ1) is 7.52. The molecule has 0 aliphatic carbocycles. The molecule has 1 aromatic carbocycles. The zero-order valence-electron chi connectivity index (χ0n) is 7.98. The number of benzene rings is 1. The summed E-state index contributed by atoms with van der Waals surface area (Å²) in [6.07, 6.45) is 0. The lowest BCUT2D eigenvalue weighted by Gasteiger charge is -2.08. The number of rotatable bonds is 1. The van der Waals surface area contributed by atoms with E-state index in [2.05, 4.69) is 10.2 Å². The summed E-state index contributed by atoms with van der Waals surface area (Å²) in [5.41, 5.74) is 12.0. The van der Waals surface area contributed by atoms with E-state index in [-0.39, 0.29) is 17.5 Å². The van der Waals surface area contributed by atoms with Crippen LogP contribution in [0.1, 0.15) is 0 Å². The van der Waals surface area contributed by atoms with Crippen LogP contribution >= 0.6 is 23.2 Å². The summed E-state index contributed by atoms with van der Waals surface area (Å²) in [6.45, 7) is 0. The third kappa shape index (κ3) is 1.52. The maximum atomic E-state index is 6.00. The van der Waals surface area contributed by atoms with Crippen LogP contribution in [-0.2, 0) is 0 Å². The van der Waals surface area contributed by atoms with Crippen LogP contribution < -0.4 is 17.3 Å². The van der Waals surface area contributed by atoms with Gasteiger partial charge in [0.2, 0.25) is 5.95 Å². The van der Waals surface area contributed by atoms with Gasteiger partial charge in [-0.25, -0.2) is 4.68 Å². The number of nitrogens with two attached hydrogens (primary N) is 3. The molecule has 0 aliphatic rings. The van der Waals surface area contributed by atoms with Crippen LogP contribution in [0, 0.1) is 0 Å². The predicted molar refractivity (Wildman–Crippen MR) is 64.5 cm³/mol. The Balaban J connectivity index is 2.73. The van der Waals surface area contributed by atoms with Crippen molar-refractivity contribution in [1.82, 2.24) is 14.9 Å². The van der Waals surface area contributed by atoms with Crippen molar-refractivity contribution in [2.24, 2.45) is 0 Å². The van der Waals surface area contributed by atoms with Gasteiger partial charge in [0.15, 0.2) is 5.82 Å². The maximum Gasteiger partial charge on any atom is 0.241 e. The zero-order chi connectivity index (χ0) is 11.9. The molecule has 0 saturated carbocycles. The fourth-order valence-electron chi connectivity index (χ4n) is 1.27. The molecule has 84 valence electrons. The third-order valence-electron chi connectivity index (χ3n) is 2.09. The molecular formula is C8H8Cl2N6. The van der Waals surface area contributed by atoms with Gasteiger partial charge >= 0.3 is 0 Å². The fraction of sp³-hybridized carbons (Fsp3) is 0. The van der Waals surface area contributed by atoms with Crippen LogP contribution in [0.4, 0.5) is 11.6 Å². The highest BCUT2D eigenvalue weighted by Gasteiger charge is 2.17. The van der Waals surface area contributed by atoms with E-state index >= 15 is 0 Å². The molecule has 1 aromatic heterocycles. The van der Waals surface area contributed by atoms with Crippen LogP contribution in [0.15, 0.2) is 12.1 Å². The molecule has 2 rings (SSSR count). The molecule has 0 fully saturated rings. The molecule has 0 aliphatic heterocycles. The van der Waals surface area contributed by atoms with Crippen LogP contribution in [0.25, 0.3) is 11.4 Å². The van der Waals surface area contributed by atoms with Crippen LogP contribution in [0.3, 0.4) is 0 Å². The second-order valence-electron chi connectivity index (χ2n) is 3.07. The molecule has 6 nitrogen and oxygen atoms in total. The Morgan fingerprint density at radius 1 is 1.06 bits per heavy atom. The molecule has 2 aromatic rings. The van der Waals surface area contributed by atoms with Crippen molar-refractivity contribution in [2.45, 2.75) is 0 Å². The van der Waals surface area contributed by atoms with Crippen molar-refractivity contribution in [3.8, 4) is 11.4 Å². The fourth-order valence-corrected chi connectivity index (χ4v) is 1.68. The third-order valence-corrected chi connectivity index (χ3v) is 2.73. The summed E-state index contributed by atoms with van der Waals surface area (Å²) in [5.74, 6) is 5.96. The molecule has 0 radical (unpaired) electrons. The molecule has 0 saturated heterocycles. The second kappa shape index (κ2) is 3.73. The van der Waals surface area contributed by atoms with Gasteiger partial charge in [-0.2, -0.15) is 0 Å². The second-order valence-corrected chi connectivity index (χ2v) is 3.88. The summed E-state index contributed by atoms with van der Waals surface area (Å²) in [6, 6.07) is 3.18. The summed E-state index contributed by atoms with van der Waals surface area (Å²) >= 11 is 11.9. The number of nitrogens with zero attached hydrogens (tertiary/aromatic N) is 3. The molecule has 8 heteroatoms. The molecule has 1 heterocycles. The molecule has 6 N–H and O–H groups in total. The SMILES string of the molecule is Nc1c(Cl)ccc(Cl)c1-c1nnc(N)n1N. The van der Waals surface area contributed by atoms with Gasteiger partial charge in [-0.3, -0.25) is 0 Å². The van der Waals surface area contributed by atoms with E-state index in [4.69, 9.17) is 40.5 Å². The van der Waals surface area contributed by atoms with Crippen LogP contribution in [-0.4, -0.2) is 14.9 Å². The molecule has 0 bridgehead atoms. The van der Waals surface area contributed by atoms with E-state index in [9.17, 15) is 0 Å². The minimum absolute atomic E-state index is 0.0606. The van der Waals surface area contributed by atoms with E-state index in [1.807, 2.05) is 0 Å². The number of hydrogen-bond acceptors (Lipinski definition) is 5. The van der Waals surface area contributed by atoms with E-state index in [1.54, 1.807) is 12.1 Å². The highest BCUT2D eigenvalue weighted by Crippen LogP contribution is 2.36. The predicted octanol–water partition coefficient (Wildman–Crippen LogP) is 1.13. The summed E-state index contributed by atoms with van der Waals surface area (Å²) < 4.78 is 1.09. The summed E-state index contributed by atoms with van der Waals surface area (Å²) in [4.78, 5) is 0. The van der Waals surface area contributed by atoms with Crippen molar-refractivity contribution in [1.29, 1.82) is 0 Å². The molecule has 16 heavy (non-hydrogen) atoms. The topological polar surface area (TPSA) is 109 Å². The first kappa shape index (κ1) is 10.8. The first-order valence-electron chi connectivity index (χ1n) is 4.22. The van der Waals surface area contributed by atoms with Gasteiger partial charge in [-0.1, -0.05) is 23.2 Å². The van der Waals surface area contributed by atoms with Crippen molar-refractivity contribution in [3.05, 3.63) is 22.2 Å². The van der Waals surface area contributed by atoms with Gasteiger partial charge in [0, 0.05) is 0 Å². The Labute approximate surface area is 101 Å². The minimum Gasteiger partial charge on any atom is -0.397 e. The number of nitrogen functional groups attached to an aromatic ring is 3. The van der Waals surface area contributed by atoms with Gasteiger partial charge < -0.3 is 17.3 Å². The monoisotopic (exact) mass is 258 g/mol. The number of anilines is 2. The van der Waals surface area contributed by atoms with E-state index in [0.717, 1.165) is 4.68 Å². The number of aromatic nitrogens is 3. The van der Waals surface area contributed by atoms with Crippen molar-refractivity contribution in [2.75, 3.05) is 17.3 Å². The lowest BCUT2D eigenvalue weighted by atomic mass is 10.1. The Morgan fingerprint density at radius 3 is 2.25 bits per heavy atom. The smallest absolute Gasteiger partial charge is 0.241 e. The molecule has 0 amide bonds. The van der Waals surface area contributed by atoms with Gasteiger partial charge in [0.25, 0.3) is 0 Å². The maximum absolute atomic E-state index is 6.00. The Morgan fingerprint density at radius 2 is 1.69 bits per heavy atom. The largest absolute Gasteiger partial charge is 0.397 e. The quantitative estimate of drug-likeness (QED) is 0.525. The van der Waals surface area contributed by atoms with Gasteiger partial charge in [0.1, 0.15) is 0 Å². The molecule has 0 atom stereocenters. The number of halogens is 2. The highest BCUT2D eigenvalue weighted by atomic mass is 35.5. The van der Waals surface area contributed by atoms with E-state index in [0.29, 0.717) is 15.6 Å². The minimum atomic E-state index is 0.0606. The van der Waals surface area contributed by atoms with Gasteiger partial charge in [-0.05, 0) is 12.1 Å². The van der Waals surface area contributed by atoms with Crippen LogP contribution in [0.2, 0.25) is 10.0 Å². The Bertz CT molecular complexity index is 550. The van der Waals surface area contributed by atoms with E-state index in [1.165, 1.54) is 0 Å². The van der Waals surface area contributed by atoms with Crippen molar-refractivity contribution in [3.63, 3.8) is 0 Å². The molecule has 0 unspecified atom stereocenters. The number of hydrogen-bond donors (Lipinski definition) is 3. The average molecular weight is 259 g/mol. The lowest BCUT2D eigenvalue weighted by Crippen LogP contribution is -2.14. The zero-order valence-corrected chi connectivity index (χ0v) is 9.50. The van der Waals surface area contributed by atoms with Crippen LogP contribution in [0.5, 0.6) is 0 Å². The standard InChI is InChI=1S/C8H8Cl2N6/c9-3-1-2-4(10)6(11)5(3)7-14-15-8(12)16(7)13/h1-2H,11,13H2,(H2,12,15). The van der Waals surface area contributed by atoms with Crippen molar-refractivity contribution >= 4 is 34.8 Å². The van der Waals surface area contributed by atoms with Crippen molar-refractivity contribution < 1.29 is 0 Å². The molecular weight excluding hydrogens is 251 g/mol. The van der Waals surface area contributed by atoms with Gasteiger partial charge in [0.05, 0.1) is 21.3 Å².